The lowest BCUT2D eigenvalue weighted by atomic mass is 10.1. The number of aryl methyl sites for hydroxylation is 1. The fourth-order valence-electron chi connectivity index (χ4n) is 1.56. The lowest BCUT2D eigenvalue weighted by Gasteiger charge is -2.16. The van der Waals surface area contributed by atoms with Crippen molar-refractivity contribution in [2.45, 2.75) is 19.3 Å². The molecule has 0 atom stereocenters. The van der Waals surface area contributed by atoms with Crippen molar-refractivity contribution in [3.8, 4) is 6.07 Å². The SMILES string of the molecule is N#CCc1ccc2c(n1)CCCN2. The fourth-order valence-corrected chi connectivity index (χ4v) is 1.56. The number of nitriles is 1. The monoisotopic (exact) mass is 173 g/mol. The second kappa shape index (κ2) is 3.44. The first kappa shape index (κ1) is 8.06. The molecule has 0 saturated carbocycles. The molecule has 0 spiro atoms. The second-order valence-electron chi connectivity index (χ2n) is 3.16. The zero-order chi connectivity index (χ0) is 9.10. The number of aromatic nitrogens is 1. The van der Waals surface area contributed by atoms with Gasteiger partial charge >= 0.3 is 0 Å². The van der Waals surface area contributed by atoms with Crippen LogP contribution in [0.2, 0.25) is 0 Å². The molecule has 66 valence electrons. The zero-order valence-electron chi connectivity index (χ0n) is 7.38. The summed E-state index contributed by atoms with van der Waals surface area (Å²) in [6.45, 7) is 1.03. The van der Waals surface area contributed by atoms with Crippen molar-refractivity contribution in [3.05, 3.63) is 23.5 Å². The molecule has 1 aromatic rings. The van der Waals surface area contributed by atoms with E-state index in [2.05, 4.69) is 16.4 Å². The van der Waals surface area contributed by atoms with E-state index in [4.69, 9.17) is 5.26 Å². The zero-order valence-corrected chi connectivity index (χ0v) is 7.38. The van der Waals surface area contributed by atoms with Gasteiger partial charge in [-0.25, -0.2) is 0 Å². The van der Waals surface area contributed by atoms with Gasteiger partial charge in [0.25, 0.3) is 0 Å². The van der Waals surface area contributed by atoms with Crippen molar-refractivity contribution in [3.63, 3.8) is 0 Å². The summed E-state index contributed by atoms with van der Waals surface area (Å²) in [5.41, 5.74) is 3.12. The molecule has 3 heteroatoms. The van der Waals surface area contributed by atoms with Gasteiger partial charge in [0.05, 0.1) is 29.6 Å². The number of anilines is 1. The Morgan fingerprint density at radius 1 is 1.54 bits per heavy atom. The summed E-state index contributed by atoms with van der Waals surface area (Å²) in [5, 5.41) is 11.8. The van der Waals surface area contributed by atoms with Gasteiger partial charge in [0, 0.05) is 6.54 Å². The molecule has 1 aliphatic rings. The maximum absolute atomic E-state index is 8.52. The number of hydrogen-bond acceptors (Lipinski definition) is 3. The number of nitrogens with zero attached hydrogens (tertiary/aromatic N) is 2. The van der Waals surface area contributed by atoms with Crippen molar-refractivity contribution >= 4 is 5.69 Å². The van der Waals surface area contributed by atoms with Crippen molar-refractivity contribution in [1.82, 2.24) is 4.98 Å². The molecule has 3 nitrogen and oxygen atoms in total. The predicted octanol–water partition coefficient (Wildman–Crippen LogP) is 1.51. The van der Waals surface area contributed by atoms with Crippen molar-refractivity contribution in [2.75, 3.05) is 11.9 Å². The van der Waals surface area contributed by atoms with Crippen LogP contribution in [-0.4, -0.2) is 11.5 Å². The molecule has 1 N–H and O–H groups in total. The highest BCUT2D eigenvalue weighted by atomic mass is 14.9. The molecule has 13 heavy (non-hydrogen) atoms. The first-order chi connectivity index (χ1) is 6.40. The highest BCUT2D eigenvalue weighted by Crippen LogP contribution is 2.19. The van der Waals surface area contributed by atoms with E-state index >= 15 is 0 Å². The fraction of sp³-hybridized carbons (Fsp3) is 0.400. The molecule has 2 rings (SSSR count). The summed E-state index contributed by atoms with van der Waals surface area (Å²) in [5.74, 6) is 0. The van der Waals surface area contributed by atoms with E-state index < -0.39 is 0 Å². The maximum Gasteiger partial charge on any atom is 0.0774 e. The number of hydrogen-bond donors (Lipinski definition) is 1. The Hall–Kier alpha value is -1.56. The van der Waals surface area contributed by atoms with Gasteiger partial charge in [-0.1, -0.05) is 0 Å². The highest BCUT2D eigenvalue weighted by Gasteiger charge is 2.09. The van der Waals surface area contributed by atoms with Gasteiger partial charge in [-0.2, -0.15) is 5.26 Å². The Morgan fingerprint density at radius 2 is 2.46 bits per heavy atom. The molecule has 1 aromatic heterocycles. The van der Waals surface area contributed by atoms with E-state index in [1.165, 1.54) is 0 Å². The van der Waals surface area contributed by atoms with Gasteiger partial charge in [0.2, 0.25) is 0 Å². The van der Waals surface area contributed by atoms with Crippen LogP contribution in [0.3, 0.4) is 0 Å². The minimum absolute atomic E-state index is 0.410. The molecule has 0 fully saturated rings. The van der Waals surface area contributed by atoms with Crippen LogP contribution in [0.15, 0.2) is 12.1 Å². The summed E-state index contributed by atoms with van der Waals surface area (Å²) >= 11 is 0. The largest absolute Gasteiger partial charge is 0.384 e. The Bertz CT molecular complexity index is 352. The van der Waals surface area contributed by atoms with Crippen molar-refractivity contribution in [2.24, 2.45) is 0 Å². The highest BCUT2D eigenvalue weighted by molar-refractivity contribution is 5.50. The first-order valence-electron chi connectivity index (χ1n) is 4.50. The third-order valence-electron chi connectivity index (χ3n) is 2.20. The van der Waals surface area contributed by atoms with Crippen LogP contribution in [0.25, 0.3) is 0 Å². The van der Waals surface area contributed by atoms with Crippen molar-refractivity contribution in [1.29, 1.82) is 5.26 Å². The second-order valence-corrected chi connectivity index (χ2v) is 3.16. The molecule has 0 bridgehead atoms. The summed E-state index contributed by atoms with van der Waals surface area (Å²) in [7, 11) is 0. The third-order valence-corrected chi connectivity index (χ3v) is 2.20. The first-order valence-corrected chi connectivity index (χ1v) is 4.50. The molecular weight excluding hydrogens is 162 g/mol. The molecule has 2 heterocycles. The van der Waals surface area contributed by atoms with Gasteiger partial charge in [-0.3, -0.25) is 4.98 Å². The van der Waals surface area contributed by atoms with Crippen LogP contribution in [0.5, 0.6) is 0 Å². The molecule has 0 radical (unpaired) electrons. The van der Waals surface area contributed by atoms with Crippen LogP contribution >= 0.6 is 0 Å². The number of nitrogens with one attached hydrogen (secondary N) is 1. The molecular formula is C10H11N3. The average Bonchev–Trinajstić information content (AvgIpc) is 2.18. The van der Waals surface area contributed by atoms with E-state index in [0.29, 0.717) is 6.42 Å². The van der Waals surface area contributed by atoms with Gasteiger partial charge in [0.1, 0.15) is 0 Å². The normalized spacial score (nSPS) is 14.1. The average molecular weight is 173 g/mol. The quantitative estimate of drug-likeness (QED) is 0.700. The van der Waals surface area contributed by atoms with E-state index in [1.807, 2.05) is 12.1 Å². The summed E-state index contributed by atoms with van der Waals surface area (Å²) in [4.78, 5) is 4.42. The Kier molecular flexibility index (Phi) is 2.13. The van der Waals surface area contributed by atoms with Gasteiger partial charge in [-0.05, 0) is 25.0 Å². The van der Waals surface area contributed by atoms with Crippen LogP contribution in [-0.2, 0) is 12.8 Å². The third kappa shape index (κ3) is 1.62. The Morgan fingerprint density at radius 3 is 3.31 bits per heavy atom. The van der Waals surface area contributed by atoms with Gasteiger partial charge in [-0.15, -0.1) is 0 Å². The number of pyridine rings is 1. The van der Waals surface area contributed by atoms with E-state index in [-0.39, 0.29) is 0 Å². The molecule has 0 saturated heterocycles. The maximum atomic E-state index is 8.52. The smallest absolute Gasteiger partial charge is 0.0774 e. The minimum atomic E-state index is 0.410. The van der Waals surface area contributed by atoms with E-state index in [0.717, 1.165) is 36.5 Å². The summed E-state index contributed by atoms with van der Waals surface area (Å²) < 4.78 is 0. The van der Waals surface area contributed by atoms with Crippen LogP contribution in [0, 0.1) is 11.3 Å². The molecule has 1 aliphatic heterocycles. The summed E-state index contributed by atoms with van der Waals surface area (Å²) in [6.07, 6.45) is 2.57. The Balaban J connectivity index is 2.31. The Labute approximate surface area is 77.4 Å². The number of rotatable bonds is 1. The molecule has 0 aromatic carbocycles. The molecule has 0 aliphatic carbocycles. The van der Waals surface area contributed by atoms with E-state index in [1.54, 1.807) is 0 Å². The molecule has 0 unspecified atom stereocenters. The molecule has 0 amide bonds. The van der Waals surface area contributed by atoms with Gasteiger partial charge in [0.15, 0.2) is 0 Å². The summed E-state index contributed by atoms with van der Waals surface area (Å²) in [6, 6.07) is 6.05. The lowest BCUT2D eigenvalue weighted by molar-refractivity contribution is 0.794. The van der Waals surface area contributed by atoms with Crippen LogP contribution in [0.4, 0.5) is 5.69 Å². The predicted molar refractivity (Wildman–Crippen MR) is 50.4 cm³/mol. The van der Waals surface area contributed by atoms with Crippen LogP contribution in [0.1, 0.15) is 17.8 Å². The standard InChI is InChI=1S/C10H11N3/c11-6-5-8-3-4-9-10(13-8)2-1-7-12-9/h3-4,12H,1-2,5,7H2. The lowest BCUT2D eigenvalue weighted by Crippen LogP contribution is -2.13. The topological polar surface area (TPSA) is 48.7 Å². The van der Waals surface area contributed by atoms with E-state index in [9.17, 15) is 0 Å². The van der Waals surface area contributed by atoms with Crippen molar-refractivity contribution < 1.29 is 0 Å². The van der Waals surface area contributed by atoms with Gasteiger partial charge < -0.3 is 5.32 Å². The van der Waals surface area contributed by atoms with Crippen LogP contribution < -0.4 is 5.32 Å². The number of fused-ring (bicyclic) bond motifs is 1. The minimum Gasteiger partial charge on any atom is -0.384 e.